The molecule has 2 heterocycles. The second kappa shape index (κ2) is 4.84. The molecule has 2 nitrogen and oxygen atoms in total. The number of aromatic nitrogens is 1. The number of piperidine rings is 1. The first-order valence-electron chi connectivity index (χ1n) is 6.47. The highest BCUT2D eigenvalue weighted by Crippen LogP contribution is 2.22. The van der Waals surface area contributed by atoms with Crippen LogP contribution in [0.4, 0.5) is 0 Å². The van der Waals surface area contributed by atoms with Crippen molar-refractivity contribution in [2.75, 3.05) is 13.1 Å². The molecule has 1 aromatic carbocycles. The number of hydrogen-bond donors (Lipinski definition) is 1. The predicted octanol–water partition coefficient (Wildman–Crippen LogP) is 2.78. The molecule has 2 heteroatoms. The van der Waals surface area contributed by atoms with Gasteiger partial charge in [0.2, 0.25) is 0 Å². The third-order valence-electron chi connectivity index (χ3n) is 3.65. The van der Waals surface area contributed by atoms with E-state index in [1.807, 2.05) is 6.20 Å². The van der Waals surface area contributed by atoms with Crippen molar-refractivity contribution in [1.82, 2.24) is 10.3 Å². The normalized spacial score (nSPS) is 20.6. The Kier molecular flexibility index (Phi) is 3.06. The van der Waals surface area contributed by atoms with Crippen molar-refractivity contribution < 1.29 is 0 Å². The van der Waals surface area contributed by atoms with E-state index in [4.69, 9.17) is 0 Å². The summed E-state index contributed by atoms with van der Waals surface area (Å²) in [7, 11) is 0. The monoisotopic (exact) mass is 226 g/mol. The van der Waals surface area contributed by atoms with Crippen LogP contribution in [-0.4, -0.2) is 18.1 Å². The lowest BCUT2D eigenvalue weighted by atomic mass is 9.91. The van der Waals surface area contributed by atoms with Crippen LogP contribution in [-0.2, 0) is 6.42 Å². The van der Waals surface area contributed by atoms with Gasteiger partial charge >= 0.3 is 0 Å². The van der Waals surface area contributed by atoms with E-state index in [1.165, 1.54) is 36.8 Å². The van der Waals surface area contributed by atoms with Crippen LogP contribution in [0, 0.1) is 5.92 Å². The van der Waals surface area contributed by atoms with Crippen molar-refractivity contribution in [3.63, 3.8) is 0 Å². The van der Waals surface area contributed by atoms with E-state index in [0.29, 0.717) is 0 Å². The standard InChI is InChI=1S/C15H18N2/c1-2-6-15-14(5-1)13(7-9-17-15)10-12-4-3-8-16-11-12/h1-2,5-7,9,12,16H,3-4,8,10-11H2. The van der Waals surface area contributed by atoms with Gasteiger partial charge in [0.15, 0.2) is 0 Å². The van der Waals surface area contributed by atoms with Gasteiger partial charge in [0.1, 0.15) is 0 Å². The summed E-state index contributed by atoms with van der Waals surface area (Å²) in [5, 5.41) is 4.81. The first-order valence-corrected chi connectivity index (χ1v) is 6.47. The number of pyridine rings is 1. The summed E-state index contributed by atoms with van der Waals surface area (Å²) >= 11 is 0. The van der Waals surface area contributed by atoms with Crippen molar-refractivity contribution >= 4 is 10.9 Å². The van der Waals surface area contributed by atoms with Gasteiger partial charge in [-0.25, -0.2) is 0 Å². The molecule has 1 atom stereocenters. The SMILES string of the molecule is c1ccc2c(CC3CCCNC3)ccnc2c1. The van der Waals surface area contributed by atoms with Crippen LogP contribution in [0.15, 0.2) is 36.5 Å². The molecular formula is C15H18N2. The molecule has 1 N–H and O–H groups in total. The summed E-state index contributed by atoms with van der Waals surface area (Å²) in [6.45, 7) is 2.35. The van der Waals surface area contributed by atoms with Crippen molar-refractivity contribution in [2.24, 2.45) is 5.92 Å². The highest BCUT2D eigenvalue weighted by molar-refractivity contribution is 5.81. The Morgan fingerprint density at radius 2 is 2.18 bits per heavy atom. The Morgan fingerprint density at radius 1 is 1.24 bits per heavy atom. The molecule has 1 unspecified atom stereocenters. The highest BCUT2D eigenvalue weighted by Gasteiger charge is 2.14. The third kappa shape index (κ3) is 2.32. The molecule has 0 bridgehead atoms. The molecule has 88 valence electrons. The van der Waals surface area contributed by atoms with Gasteiger partial charge < -0.3 is 5.32 Å². The molecule has 0 saturated carbocycles. The van der Waals surface area contributed by atoms with Crippen LogP contribution >= 0.6 is 0 Å². The smallest absolute Gasteiger partial charge is 0.0704 e. The van der Waals surface area contributed by atoms with Crippen LogP contribution in [0.5, 0.6) is 0 Å². The predicted molar refractivity (Wildman–Crippen MR) is 71.0 cm³/mol. The van der Waals surface area contributed by atoms with Crippen LogP contribution in [0.25, 0.3) is 10.9 Å². The summed E-state index contributed by atoms with van der Waals surface area (Å²) in [6.07, 6.45) is 5.78. The quantitative estimate of drug-likeness (QED) is 0.851. The van der Waals surface area contributed by atoms with Crippen LogP contribution in [0.3, 0.4) is 0 Å². The van der Waals surface area contributed by atoms with Crippen LogP contribution in [0.2, 0.25) is 0 Å². The fourth-order valence-corrected chi connectivity index (χ4v) is 2.74. The molecule has 1 aliphatic heterocycles. The average molecular weight is 226 g/mol. The van der Waals surface area contributed by atoms with E-state index in [-0.39, 0.29) is 0 Å². The Morgan fingerprint density at radius 3 is 3.06 bits per heavy atom. The zero-order chi connectivity index (χ0) is 11.5. The van der Waals surface area contributed by atoms with Gasteiger partial charge in [-0.3, -0.25) is 4.98 Å². The van der Waals surface area contributed by atoms with Crippen LogP contribution in [0.1, 0.15) is 18.4 Å². The van der Waals surface area contributed by atoms with Crippen molar-refractivity contribution in [2.45, 2.75) is 19.3 Å². The lowest BCUT2D eigenvalue weighted by Gasteiger charge is -2.23. The maximum atomic E-state index is 4.42. The van der Waals surface area contributed by atoms with Crippen molar-refractivity contribution in [1.29, 1.82) is 0 Å². The van der Waals surface area contributed by atoms with E-state index in [9.17, 15) is 0 Å². The molecule has 1 fully saturated rings. The second-order valence-electron chi connectivity index (χ2n) is 4.90. The minimum Gasteiger partial charge on any atom is -0.316 e. The Hall–Kier alpha value is -1.41. The Labute approximate surface area is 102 Å². The third-order valence-corrected chi connectivity index (χ3v) is 3.65. The summed E-state index contributed by atoms with van der Waals surface area (Å²) in [6, 6.07) is 10.6. The van der Waals surface area contributed by atoms with E-state index in [2.05, 4.69) is 40.6 Å². The fraction of sp³-hybridized carbons (Fsp3) is 0.400. The highest BCUT2D eigenvalue weighted by atomic mass is 14.9. The van der Waals surface area contributed by atoms with Crippen molar-refractivity contribution in [3.05, 3.63) is 42.1 Å². The van der Waals surface area contributed by atoms with Gasteiger partial charge in [-0.05, 0) is 56.0 Å². The first kappa shape index (κ1) is 10.7. The fourth-order valence-electron chi connectivity index (χ4n) is 2.74. The maximum absolute atomic E-state index is 4.42. The molecule has 1 aliphatic rings. The van der Waals surface area contributed by atoms with E-state index < -0.39 is 0 Å². The molecule has 0 aliphatic carbocycles. The van der Waals surface area contributed by atoms with Crippen LogP contribution < -0.4 is 5.32 Å². The average Bonchev–Trinajstić information content (AvgIpc) is 2.40. The molecular weight excluding hydrogens is 208 g/mol. The van der Waals surface area contributed by atoms with Gasteiger partial charge in [-0.2, -0.15) is 0 Å². The van der Waals surface area contributed by atoms with Crippen molar-refractivity contribution in [3.8, 4) is 0 Å². The summed E-state index contributed by atoms with van der Waals surface area (Å²) in [4.78, 5) is 4.42. The Bertz CT molecular complexity index is 496. The van der Waals surface area contributed by atoms with Gasteiger partial charge in [0.25, 0.3) is 0 Å². The van der Waals surface area contributed by atoms with E-state index in [0.717, 1.165) is 18.0 Å². The van der Waals surface area contributed by atoms with Gasteiger partial charge in [-0.15, -0.1) is 0 Å². The minimum atomic E-state index is 0.787. The largest absolute Gasteiger partial charge is 0.316 e. The number of hydrogen-bond acceptors (Lipinski definition) is 2. The molecule has 17 heavy (non-hydrogen) atoms. The lowest BCUT2D eigenvalue weighted by Crippen LogP contribution is -2.30. The molecule has 3 rings (SSSR count). The second-order valence-corrected chi connectivity index (χ2v) is 4.90. The number of para-hydroxylation sites is 1. The summed E-state index contributed by atoms with van der Waals surface area (Å²) in [5.74, 6) is 0.787. The number of nitrogens with one attached hydrogen (secondary N) is 1. The zero-order valence-electron chi connectivity index (χ0n) is 10.0. The topological polar surface area (TPSA) is 24.9 Å². The number of nitrogens with zero attached hydrogens (tertiary/aromatic N) is 1. The van der Waals surface area contributed by atoms with E-state index >= 15 is 0 Å². The zero-order valence-corrected chi connectivity index (χ0v) is 10.0. The molecule has 0 spiro atoms. The number of fused-ring (bicyclic) bond motifs is 1. The van der Waals surface area contributed by atoms with Gasteiger partial charge in [0.05, 0.1) is 5.52 Å². The lowest BCUT2D eigenvalue weighted by molar-refractivity contribution is 0.377. The minimum absolute atomic E-state index is 0.787. The maximum Gasteiger partial charge on any atom is 0.0704 e. The number of benzene rings is 1. The molecule has 1 aromatic heterocycles. The first-order chi connectivity index (χ1) is 8.43. The number of rotatable bonds is 2. The van der Waals surface area contributed by atoms with E-state index in [1.54, 1.807) is 0 Å². The van der Waals surface area contributed by atoms with Gasteiger partial charge in [0, 0.05) is 11.6 Å². The molecule has 2 aromatic rings. The summed E-state index contributed by atoms with van der Waals surface area (Å²) < 4.78 is 0. The molecule has 0 radical (unpaired) electrons. The van der Waals surface area contributed by atoms with Gasteiger partial charge in [-0.1, -0.05) is 18.2 Å². The Balaban J connectivity index is 1.89. The molecule has 1 saturated heterocycles. The molecule has 0 amide bonds. The summed E-state index contributed by atoms with van der Waals surface area (Å²) in [5.41, 5.74) is 2.57.